The van der Waals surface area contributed by atoms with Crippen LogP contribution in [0.3, 0.4) is 0 Å². The molecule has 0 saturated heterocycles. The standard InChI is InChI=1S/C12H8F3NO/c13-12(14,15)11-6-3-9(7-16-11)8-1-4-10(17)5-2-8/h1-7,17H. The van der Waals surface area contributed by atoms with E-state index in [0.29, 0.717) is 11.1 Å². The van der Waals surface area contributed by atoms with E-state index in [-0.39, 0.29) is 5.75 Å². The molecule has 0 aliphatic heterocycles. The van der Waals surface area contributed by atoms with Crippen LogP contribution >= 0.6 is 0 Å². The summed E-state index contributed by atoms with van der Waals surface area (Å²) in [5, 5.41) is 9.09. The largest absolute Gasteiger partial charge is 0.508 e. The predicted octanol–water partition coefficient (Wildman–Crippen LogP) is 3.47. The van der Waals surface area contributed by atoms with Gasteiger partial charge in [0, 0.05) is 11.8 Å². The van der Waals surface area contributed by atoms with Gasteiger partial charge in [-0.15, -0.1) is 0 Å². The Morgan fingerprint density at radius 2 is 1.47 bits per heavy atom. The van der Waals surface area contributed by atoms with Crippen molar-refractivity contribution in [3.8, 4) is 16.9 Å². The van der Waals surface area contributed by atoms with E-state index in [1.807, 2.05) is 0 Å². The fraction of sp³-hybridized carbons (Fsp3) is 0.0833. The van der Waals surface area contributed by atoms with E-state index in [2.05, 4.69) is 4.98 Å². The summed E-state index contributed by atoms with van der Waals surface area (Å²) in [6.45, 7) is 0. The molecule has 0 fully saturated rings. The fourth-order valence-corrected chi connectivity index (χ4v) is 1.39. The monoisotopic (exact) mass is 239 g/mol. The first-order valence-electron chi connectivity index (χ1n) is 4.79. The summed E-state index contributed by atoms with van der Waals surface area (Å²) in [7, 11) is 0. The normalized spacial score (nSPS) is 11.5. The number of halogens is 3. The second-order valence-corrected chi connectivity index (χ2v) is 3.48. The van der Waals surface area contributed by atoms with Crippen LogP contribution in [0.4, 0.5) is 13.2 Å². The van der Waals surface area contributed by atoms with Gasteiger partial charge in [0.25, 0.3) is 0 Å². The van der Waals surface area contributed by atoms with E-state index >= 15 is 0 Å². The molecule has 2 aromatic rings. The van der Waals surface area contributed by atoms with Gasteiger partial charge in [0.15, 0.2) is 0 Å². The Balaban J connectivity index is 2.33. The summed E-state index contributed by atoms with van der Waals surface area (Å²) < 4.78 is 36.8. The fourth-order valence-electron chi connectivity index (χ4n) is 1.39. The average molecular weight is 239 g/mol. The number of pyridine rings is 1. The van der Waals surface area contributed by atoms with Crippen LogP contribution in [0.5, 0.6) is 5.75 Å². The third-order valence-corrected chi connectivity index (χ3v) is 2.25. The second kappa shape index (κ2) is 4.08. The molecule has 1 N–H and O–H groups in total. The molecule has 0 radical (unpaired) electrons. The highest BCUT2D eigenvalue weighted by molar-refractivity contribution is 5.63. The summed E-state index contributed by atoms with van der Waals surface area (Å²) in [6.07, 6.45) is -3.26. The quantitative estimate of drug-likeness (QED) is 0.826. The van der Waals surface area contributed by atoms with E-state index < -0.39 is 11.9 Å². The summed E-state index contributed by atoms with van der Waals surface area (Å²) in [4.78, 5) is 3.36. The highest BCUT2D eigenvalue weighted by Crippen LogP contribution is 2.29. The Morgan fingerprint density at radius 1 is 0.882 bits per heavy atom. The minimum Gasteiger partial charge on any atom is -0.508 e. The van der Waals surface area contributed by atoms with Crippen LogP contribution in [0, 0.1) is 0 Å². The lowest BCUT2D eigenvalue weighted by molar-refractivity contribution is -0.141. The number of alkyl halides is 3. The Hall–Kier alpha value is -2.04. The van der Waals surface area contributed by atoms with Gasteiger partial charge in [-0.05, 0) is 23.8 Å². The first-order chi connectivity index (χ1) is 7.97. The number of rotatable bonds is 1. The van der Waals surface area contributed by atoms with Gasteiger partial charge in [0.1, 0.15) is 11.4 Å². The van der Waals surface area contributed by atoms with Gasteiger partial charge in [-0.2, -0.15) is 13.2 Å². The van der Waals surface area contributed by atoms with Crippen molar-refractivity contribution >= 4 is 0 Å². The van der Waals surface area contributed by atoms with Crippen molar-refractivity contribution < 1.29 is 18.3 Å². The molecule has 0 amide bonds. The van der Waals surface area contributed by atoms with Gasteiger partial charge >= 0.3 is 6.18 Å². The van der Waals surface area contributed by atoms with Crippen molar-refractivity contribution in [2.75, 3.05) is 0 Å². The number of phenols is 1. The molecule has 0 saturated carbocycles. The minimum absolute atomic E-state index is 0.105. The molecule has 0 bridgehead atoms. The van der Waals surface area contributed by atoms with E-state index in [4.69, 9.17) is 5.11 Å². The topological polar surface area (TPSA) is 33.1 Å². The lowest BCUT2D eigenvalue weighted by Crippen LogP contribution is -2.07. The van der Waals surface area contributed by atoms with Crippen molar-refractivity contribution in [1.82, 2.24) is 4.98 Å². The maximum absolute atomic E-state index is 12.3. The molecule has 17 heavy (non-hydrogen) atoms. The van der Waals surface area contributed by atoms with Crippen molar-refractivity contribution in [2.45, 2.75) is 6.18 Å². The van der Waals surface area contributed by atoms with E-state index in [1.165, 1.54) is 18.2 Å². The number of aromatic hydroxyl groups is 1. The number of benzene rings is 1. The molecule has 2 rings (SSSR count). The van der Waals surface area contributed by atoms with Crippen LogP contribution in [0.25, 0.3) is 11.1 Å². The molecule has 1 aromatic heterocycles. The molecular weight excluding hydrogens is 231 g/mol. The summed E-state index contributed by atoms with van der Waals surface area (Å²) in [5.74, 6) is 0.105. The van der Waals surface area contributed by atoms with Gasteiger partial charge < -0.3 is 5.11 Å². The SMILES string of the molecule is Oc1ccc(-c2ccc(C(F)(F)F)nc2)cc1. The molecule has 0 unspecified atom stereocenters. The lowest BCUT2D eigenvalue weighted by Gasteiger charge is -2.06. The number of hydrogen-bond acceptors (Lipinski definition) is 2. The van der Waals surface area contributed by atoms with Gasteiger partial charge in [-0.25, -0.2) is 0 Å². The van der Waals surface area contributed by atoms with Crippen molar-refractivity contribution in [3.05, 3.63) is 48.3 Å². The van der Waals surface area contributed by atoms with E-state index in [9.17, 15) is 13.2 Å². The zero-order valence-electron chi connectivity index (χ0n) is 8.57. The number of nitrogens with zero attached hydrogens (tertiary/aromatic N) is 1. The van der Waals surface area contributed by atoms with Gasteiger partial charge in [-0.3, -0.25) is 4.98 Å². The van der Waals surface area contributed by atoms with Crippen LogP contribution in [-0.4, -0.2) is 10.1 Å². The Morgan fingerprint density at radius 3 is 1.94 bits per heavy atom. The maximum atomic E-state index is 12.3. The molecular formula is C12H8F3NO. The Bertz CT molecular complexity index is 503. The van der Waals surface area contributed by atoms with Crippen molar-refractivity contribution in [1.29, 1.82) is 0 Å². The van der Waals surface area contributed by atoms with Crippen molar-refractivity contribution in [2.24, 2.45) is 0 Å². The zero-order chi connectivity index (χ0) is 12.5. The summed E-state index contributed by atoms with van der Waals surface area (Å²) >= 11 is 0. The molecule has 0 atom stereocenters. The third-order valence-electron chi connectivity index (χ3n) is 2.25. The average Bonchev–Trinajstić information content (AvgIpc) is 2.29. The highest BCUT2D eigenvalue weighted by atomic mass is 19.4. The van der Waals surface area contributed by atoms with Gasteiger partial charge in [0.05, 0.1) is 0 Å². The maximum Gasteiger partial charge on any atom is 0.433 e. The molecule has 5 heteroatoms. The third kappa shape index (κ3) is 2.55. The zero-order valence-corrected chi connectivity index (χ0v) is 8.57. The lowest BCUT2D eigenvalue weighted by atomic mass is 10.1. The number of aromatic nitrogens is 1. The van der Waals surface area contributed by atoms with Crippen LogP contribution in [0.15, 0.2) is 42.6 Å². The molecule has 0 aliphatic rings. The molecule has 1 aromatic carbocycles. The van der Waals surface area contributed by atoms with Crippen LogP contribution in [-0.2, 0) is 6.18 Å². The predicted molar refractivity (Wildman–Crippen MR) is 56.3 cm³/mol. The number of hydrogen-bond donors (Lipinski definition) is 1. The first-order valence-corrected chi connectivity index (χ1v) is 4.79. The van der Waals surface area contributed by atoms with E-state index in [0.717, 1.165) is 12.3 Å². The molecule has 1 heterocycles. The smallest absolute Gasteiger partial charge is 0.433 e. The number of phenolic OH excluding ortho intramolecular Hbond substituents is 1. The Kier molecular flexibility index (Phi) is 2.75. The second-order valence-electron chi connectivity index (χ2n) is 3.48. The molecule has 0 spiro atoms. The van der Waals surface area contributed by atoms with Crippen LogP contribution in [0.2, 0.25) is 0 Å². The molecule has 88 valence electrons. The minimum atomic E-state index is -4.42. The van der Waals surface area contributed by atoms with Crippen molar-refractivity contribution in [3.63, 3.8) is 0 Å². The van der Waals surface area contributed by atoms with Crippen LogP contribution < -0.4 is 0 Å². The van der Waals surface area contributed by atoms with Gasteiger partial charge in [0.2, 0.25) is 0 Å². The van der Waals surface area contributed by atoms with Gasteiger partial charge in [-0.1, -0.05) is 18.2 Å². The highest BCUT2D eigenvalue weighted by Gasteiger charge is 2.31. The molecule has 2 nitrogen and oxygen atoms in total. The van der Waals surface area contributed by atoms with Crippen LogP contribution in [0.1, 0.15) is 5.69 Å². The Labute approximate surface area is 95.4 Å². The first kappa shape index (κ1) is 11.4. The summed E-state index contributed by atoms with van der Waals surface area (Å²) in [6, 6.07) is 8.43. The summed E-state index contributed by atoms with van der Waals surface area (Å²) in [5.41, 5.74) is 0.349. The van der Waals surface area contributed by atoms with E-state index in [1.54, 1.807) is 12.1 Å². The molecule has 0 aliphatic carbocycles.